The second-order valence-electron chi connectivity index (χ2n) is 9.48. The zero-order valence-electron chi connectivity index (χ0n) is 18.4. The molecule has 0 unspecified atom stereocenters. The predicted molar refractivity (Wildman–Crippen MR) is 130 cm³/mol. The van der Waals surface area contributed by atoms with Crippen molar-refractivity contribution in [2.24, 2.45) is 0 Å². The van der Waals surface area contributed by atoms with Crippen LogP contribution in [-0.4, -0.2) is 24.3 Å². The van der Waals surface area contributed by atoms with E-state index in [1.807, 2.05) is 12.1 Å². The Hall–Kier alpha value is -1.68. The summed E-state index contributed by atoms with van der Waals surface area (Å²) < 4.78 is 8.80. The van der Waals surface area contributed by atoms with Crippen molar-refractivity contribution in [3.63, 3.8) is 0 Å². The van der Waals surface area contributed by atoms with Gasteiger partial charge in [0, 0.05) is 24.0 Å². The zero-order valence-corrected chi connectivity index (χ0v) is 19.9. The molecule has 0 fully saturated rings. The minimum absolute atomic E-state index is 0.226. The standard InChI is InChI=1S/C26H30Cl2N2O/c1-26(2)10-4-5-18-20(26)6-3-7-25(18)31-14-13-30-23-9-12-29-11-8-17(23)19-15-21(27)22(28)16-24(19)30/h3,6-7,15-16,29H,4-5,8-14H2,1-2H3. The Kier molecular flexibility index (Phi) is 5.70. The highest BCUT2D eigenvalue weighted by Crippen LogP contribution is 2.40. The first kappa shape index (κ1) is 21.2. The van der Waals surface area contributed by atoms with Crippen molar-refractivity contribution in [3.05, 3.63) is 62.8 Å². The molecule has 5 heteroatoms. The smallest absolute Gasteiger partial charge is 0.122 e. The van der Waals surface area contributed by atoms with Crippen molar-refractivity contribution < 1.29 is 4.74 Å². The van der Waals surface area contributed by atoms with Gasteiger partial charge < -0.3 is 14.6 Å². The number of benzene rings is 2. The average molecular weight is 457 g/mol. The Balaban J connectivity index is 1.45. The van der Waals surface area contributed by atoms with Gasteiger partial charge in [0.15, 0.2) is 0 Å². The van der Waals surface area contributed by atoms with E-state index in [-0.39, 0.29) is 5.41 Å². The molecule has 3 aromatic rings. The normalized spacial score (nSPS) is 17.8. The summed E-state index contributed by atoms with van der Waals surface area (Å²) in [5, 5.41) is 5.99. The Morgan fingerprint density at radius 1 is 1.03 bits per heavy atom. The molecule has 1 N–H and O–H groups in total. The van der Waals surface area contributed by atoms with E-state index in [0.717, 1.165) is 44.6 Å². The zero-order chi connectivity index (χ0) is 21.6. The maximum Gasteiger partial charge on any atom is 0.122 e. The second-order valence-corrected chi connectivity index (χ2v) is 10.3. The summed E-state index contributed by atoms with van der Waals surface area (Å²) in [5.41, 5.74) is 7.03. The molecular weight excluding hydrogens is 427 g/mol. The van der Waals surface area contributed by atoms with Crippen molar-refractivity contribution in [2.45, 2.75) is 57.9 Å². The van der Waals surface area contributed by atoms with Crippen LogP contribution >= 0.6 is 23.2 Å². The van der Waals surface area contributed by atoms with E-state index in [1.165, 1.54) is 46.1 Å². The first-order valence-electron chi connectivity index (χ1n) is 11.4. The van der Waals surface area contributed by atoms with Gasteiger partial charge in [0.05, 0.1) is 22.1 Å². The fourth-order valence-corrected chi connectivity index (χ4v) is 5.83. The first-order chi connectivity index (χ1) is 15.0. The second kappa shape index (κ2) is 8.35. The lowest BCUT2D eigenvalue weighted by Crippen LogP contribution is -2.24. The molecule has 0 spiro atoms. The van der Waals surface area contributed by atoms with Crippen molar-refractivity contribution in [1.82, 2.24) is 9.88 Å². The molecule has 0 saturated heterocycles. The Morgan fingerprint density at radius 2 is 1.84 bits per heavy atom. The van der Waals surface area contributed by atoms with Crippen LogP contribution in [0.3, 0.4) is 0 Å². The molecule has 2 aliphatic rings. The monoisotopic (exact) mass is 456 g/mol. The third-order valence-corrected chi connectivity index (χ3v) is 7.80. The minimum Gasteiger partial charge on any atom is -0.491 e. The number of fused-ring (bicyclic) bond motifs is 4. The van der Waals surface area contributed by atoms with Crippen LogP contribution in [0.15, 0.2) is 30.3 Å². The molecule has 2 aromatic carbocycles. The van der Waals surface area contributed by atoms with Crippen LogP contribution in [0.5, 0.6) is 5.75 Å². The third kappa shape index (κ3) is 3.86. The lowest BCUT2D eigenvalue weighted by atomic mass is 9.72. The predicted octanol–water partition coefficient (Wildman–Crippen LogP) is 6.33. The van der Waals surface area contributed by atoms with E-state index in [4.69, 9.17) is 27.9 Å². The minimum atomic E-state index is 0.226. The fourth-order valence-electron chi connectivity index (χ4n) is 5.51. The molecular formula is C26H30Cl2N2O. The summed E-state index contributed by atoms with van der Waals surface area (Å²) in [6.07, 6.45) is 5.59. The summed E-state index contributed by atoms with van der Waals surface area (Å²) in [6, 6.07) is 10.6. The van der Waals surface area contributed by atoms with Crippen LogP contribution in [-0.2, 0) is 31.2 Å². The van der Waals surface area contributed by atoms with Crippen molar-refractivity contribution in [1.29, 1.82) is 0 Å². The number of ether oxygens (including phenoxy) is 1. The molecule has 31 heavy (non-hydrogen) atoms. The van der Waals surface area contributed by atoms with Gasteiger partial charge in [0.1, 0.15) is 12.4 Å². The van der Waals surface area contributed by atoms with Crippen LogP contribution < -0.4 is 10.1 Å². The van der Waals surface area contributed by atoms with Gasteiger partial charge in [-0.25, -0.2) is 0 Å². The van der Waals surface area contributed by atoms with Crippen LogP contribution in [0.25, 0.3) is 10.9 Å². The van der Waals surface area contributed by atoms with Gasteiger partial charge in [-0.1, -0.05) is 49.2 Å². The molecule has 3 nitrogen and oxygen atoms in total. The SMILES string of the molecule is CC1(C)CCCc2c(OCCn3c4c(c5cc(Cl)c(Cl)cc53)CCNCC4)cccc21. The molecule has 1 aliphatic carbocycles. The third-order valence-electron chi connectivity index (χ3n) is 7.08. The highest BCUT2D eigenvalue weighted by atomic mass is 35.5. The van der Waals surface area contributed by atoms with Gasteiger partial charge in [0.2, 0.25) is 0 Å². The summed E-state index contributed by atoms with van der Waals surface area (Å²) in [5.74, 6) is 1.05. The number of halogens is 2. The quantitative estimate of drug-likeness (QED) is 0.496. The Bertz CT molecular complexity index is 1130. The topological polar surface area (TPSA) is 26.2 Å². The molecule has 0 bridgehead atoms. The molecule has 5 rings (SSSR count). The van der Waals surface area contributed by atoms with E-state index in [2.05, 4.69) is 41.9 Å². The van der Waals surface area contributed by atoms with E-state index < -0.39 is 0 Å². The summed E-state index contributed by atoms with van der Waals surface area (Å²) in [4.78, 5) is 0. The van der Waals surface area contributed by atoms with Crippen molar-refractivity contribution >= 4 is 34.1 Å². The van der Waals surface area contributed by atoms with Crippen LogP contribution in [0, 0.1) is 0 Å². The van der Waals surface area contributed by atoms with Crippen molar-refractivity contribution in [3.8, 4) is 5.75 Å². The van der Waals surface area contributed by atoms with Crippen LogP contribution in [0.4, 0.5) is 0 Å². The van der Waals surface area contributed by atoms with E-state index in [9.17, 15) is 0 Å². The molecule has 2 heterocycles. The Morgan fingerprint density at radius 3 is 2.71 bits per heavy atom. The van der Waals surface area contributed by atoms with E-state index in [0.29, 0.717) is 16.7 Å². The van der Waals surface area contributed by atoms with E-state index in [1.54, 1.807) is 0 Å². The molecule has 164 valence electrons. The van der Waals surface area contributed by atoms with E-state index >= 15 is 0 Å². The van der Waals surface area contributed by atoms with Gasteiger partial charge in [-0.05, 0) is 72.5 Å². The highest BCUT2D eigenvalue weighted by molar-refractivity contribution is 6.42. The first-order valence-corrected chi connectivity index (χ1v) is 12.2. The molecule has 1 aromatic heterocycles. The lowest BCUT2D eigenvalue weighted by molar-refractivity contribution is 0.291. The number of nitrogens with one attached hydrogen (secondary N) is 1. The average Bonchev–Trinajstić information content (AvgIpc) is 2.89. The van der Waals surface area contributed by atoms with Crippen LogP contribution in [0.2, 0.25) is 10.0 Å². The summed E-state index contributed by atoms with van der Waals surface area (Å²) in [7, 11) is 0. The highest BCUT2D eigenvalue weighted by Gasteiger charge is 2.29. The van der Waals surface area contributed by atoms with Gasteiger partial charge in [-0.15, -0.1) is 0 Å². The molecule has 1 aliphatic heterocycles. The number of hydrogen-bond donors (Lipinski definition) is 1. The number of rotatable bonds is 4. The summed E-state index contributed by atoms with van der Waals surface area (Å²) >= 11 is 12.8. The van der Waals surface area contributed by atoms with Gasteiger partial charge >= 0.3 is 0 Å². The Labute approximate surface area is 194 Å². The number of hydrogen-bond acceptors (Lipinski definition) is 2. The molecule has 0 atom stereocenters. The van der Waals surface area contributed by atoms with Crippen molar-refractivity contribution in [2.75, 3.05) is 19.7 Å². The fraction of sp³-hybridized carbons (Fsp3) is 0.462. The van der Waals surface area contributed by atoms with Gasteiger partial charge in [0.25, 0.3) is 0 Å². The largest absolute Gasteiger partial charge is 0.491 e. The number of aromatic nitrogens is 1. The van der Waals surface area contributed by atoms with Gasteiger partial charge in [-0.3, -0.25) is 0 Å². The molecule has 0 amide bonds. The van der Waals surface area contributed by atoms with Gasteiger partial charge in [-0.2, -0.15) is 0 Å². The maximum absolute atomic E-state index is 6.40. The lowest BCUT2D eigenvalue weighted by Gasteiger charge is -2.33. The van der Waals surface area contributed by atoms with Crippen LogP contribution in [0.1, 0.15) is 49.1 Å². The molecule has 0 radical (unpaired) electrons. The molecule has 0 saturated carbocycles. The summed E-state index contributed by atoms with van der Waals surface area (Å²) in [6.45, 7) is 8.12. The maximum atomic E-state index is 6.40. The number of nitrogens with zero attached hydrogens (tertiary/aromatic N) is 1.